The molecule has 3 N–H and O–H groups in total. The van der Waals surface area contributed by atoms with E-state index in [1.165, 1.54) is 12.1 Å². The van der Waals surface area contributed by atoms with Crippen molar-refractivity contribution in [1.82, 2.24) is 10.3 Å². The third-order valence-electron chi connectivity index (χ3n) is 3.79. The second-order valence-corrected chi connectivity index (χ2v) is 5.46. The number of nitrogens with one attached hydrogen (secondary N) is 2. The number of halogens is 2. The van der Waals surface area contributed by atoms with Crippen LogP contribution >= 0.6 is 0 Å². The number of aromatic nitrogens is 1. The molecule has 0 aliphatic heterocycles. The molecule has 25 heavy (non-hydrogen) atoms. The molecule has 0 aliphatic rings. The first-order valence-electron chi connectivity index (χ1n) is 7.49. The minimum atomic E-state index is -1.56. The van der Waals surface area contributed by atoms with E-state index in [0.29, 0.717) is 10.8 Å². The van der Waals surface area contributed by atoms with Crippen molar-refractivity contribution in [1.29, 1.82) is 0 Å². The molecule has 7 heteroatoms. The van der Waals surface area contributed by atoms with Crippen LogP contribution in [0.3, 0.4) is 0 Å². The number of H-pyrrole nitrogens is 1. The predicted octanol–water partition coefficient (Wildman–Crippen LogP) is 2.27. The summed E-state index contributed by atoms with van der Waals surface area (Å²) in [5.41, 5.74) is -0.955. The van der Waals surface area contributed by atoms with Crippen molar-refractivity contribution in [2.75, 3.05) is 6.54 Å². The second-order valence-electron chi connectivity index (χ2n) is 5.46. The van der Waals surface area contributed by atoms with Crippen molar-refractivity contribution in [2.45, 2.75) is 6.10 Å². The van der Waals surface area contributed by atoms with E-state index in [2.05, 4.69) is 10.3 Å². The molecule has 5 nitrogen and oxygen atoms in total. The molecule has 128 valence electrons. The summed E-state index contributed by atoms with van der Waals surface area (Å²) >= 11 is 0. The number of aliphatic hydroxyl groups excluding tert-OH is 1. The summed E-state index contributed by atoms with van der Waals surface area (Å²) in [6.07, 6.45) is -1.56. The van der Waals surface area contributed by atoms with E-state index in [1.54, 1.807) is 24.3 Å². The van der Waals surface area contributed by atoms with Crippen molar-refractivity contribution in [2.24, 2.45) is 0 Å². The summed E-state index contributed by atoms with van der Waals surface area (Å²) in [4.78, 5) is 26.6. The molecule has 0 aliphatic carbocycles. The first kappa shape index (κ1) is 16.8. The minimum absolute atomic E-state index is 0.00935. The summed E-state index contributed by atoms with van der Waals surface area (Å²) in [7, 11) is 0. The van der Waals surface area contributed by atoms with Gasteiger partial charge in [-0.2, -0.15) is 0 Å². The van der Waals surface area contributed by atoms with Crippen LogP contribution < -0.4 is 10.9 Å². The highest BCUT2D eigenvalue weighted by atomic mass is 19.1. The largest absolute Gasteiger partial charge is 0.386 e. The Labute approximate surface area is 140 Å². The average Bonchev–Trinajstić information content (AvgIpc) is 2.59. The van der Waals surface area contributed by atoms with E-state index in [1.807, 2.05) is 0 Å². The number of carbonyl (C=O) groups excluding carboxylic acids is 1. The zero-order valence-corrected chi connectivity index (χ0v) is 12.9. The molecule has 0 saturated carbocycles. The smallest absolute Gasteiger partial charge is 0.267 e. The highest BCUT2D eigenvalue weighted by Crippen LogP contribution is 2.20. The second kappa shape index (κ2) is 6.82. The molecule has 0 unspecified atom stereocenters. The van der Waals surface area contributed by atoms with Crippen molar-refractivity contribution in [3.05, 3.63) is 81.8 Å². The van der Waals surface area contributed by atoms with Crippen molar-refractivity contribution in [3.63, 3.8) is 0 Å². The molecule has 0 saturated heterocycles. The van der Waals surface area contributed by atoms with Crippen LogP contribution in [0.1, 0.15) is 22.2 Å². The van der Waals surface area contributed by atoms with Crippen molar-refractivity contribution < 1.29 is 18.7 Å². The third kappa shape index (κ3) is 3.41. The van der Waals surface area contributed by atoms with Crippen molar-refractivity contribution >= 4 is 16.7 Å². The number of pyridine rings is 1. The van der Waals surface area contributed by atoms with Gasteiger partial charge in [-0.25, -0.2) is 8.78 Å². The van der Waals surface area contributed by atoms with Crippen LogP contribution in [0.5, 0.6) is 0 Å². The van der Waals surface area contributed by atoms with Gasteiger partial charge in [0.2, 0.25) is 0 Å². The summed E-state index contributed by atoms with van der Waals surface area (Å²) in [6.45, 7) is -0.411. The highest BCUT2D eigenvalue weighted by molar-refractivity contribution is 5.96. The van der Waals surface area contributed by atoms with Gasteiger partial charge in [0.25, 0.3) is 11.5 Å². The third-order valence-corrected chi connectivity index (χ3v) is 3.79. The average molecular weight is 344 g/mol. The molecule has 3 rings (SSSR count). The van der Waals surface area contributed by atoms with E-state index in [0.717, 1.165) is 12.1 Å². The Morgan fingerprint density at radius 3 is 2.52 bits per heavy atom. The maximum absolute atomic E-state index is 13.6. The number of fused-ring (bicyclic) bond motifs is 1. The number of benzene rings is 2. The fraction of sp³-hybridized carbons (Fsp3) is 0.111. The molecule has 1 atom stereocenters. The molecular formula is C18H14F2N2O3. The van der Waals surface area contributed by atoms with Gasteiger partial charge < -0.3 is 15.4 Å². The van der Waals surface area contributed by atoms with E-state index in [9.17, 15) is 23.5 Å². The van der Waals surface area contributed by atoms with Gasteiger partial charge in [-0.05, 0) is 29.7 Å². The van der Waals surface area contributed by atoms with Gasteiger partial charge in [0.15, 0.2) is 0 Å². The summed E-state index contributed by atoms with van der Waals surface area (Å²) in [5, 5.41) is 13.3. The van der Waals surface area contributed by atoms with Gasteiger partial charge >= 0.3 is 0 Å². The van der Waals surface area contributed by atoms with Gasteiger partial charge in [0, 0.05) is 11.9 Å². The Kier molecular flexibility index (Phi) is 4.58. The lowest BCUT2D eigenvalue weighted by Crippen LogP contribution is -2.31. The normalized spacial score (nSPS) is 12.1. The van der Waals surface area contributed by atoms with E-state index >= 15 is 0 Å². The maximum Gasteiger partial charge on any atom is 0.267 e. The van der Waals surface area contributed by atoms with Gasteiger partial charge in [-0.3, -0.25) is 9.59 Å². The standard InChI is InChI=1S/C18H14F2N2O3/c19-12-6-3-7-13(20)16(12)15(23)9-21-18(25)14-8-10-4-1-2-5-11(10)17(24)22-14/h1-8,15,23H,9H2,(H,21,25)(H,22,24)/t15-/m1/s1. The number of rotatable bonds is 4. The molecule has 0 spiro atoms. The van der Waals surface area contributed by atoms with Gasteiger partial charge in [0.1, 0.15) is 23.4 Å². The molecule has 0 bridgehead atoms. The number of hydrogen-bond acceptors (Lipinski definition) is 3. The molecular weight excluding hydrogens is 330 g/mol. The fourth-order valence-corrected chi connectivity index (χ4v) is 2.55. The Balaban J connectivity index is 1.78. The van der Waals surface area contributed by atoms with Crippen LogP contribution in [-0.2, 0) is 0 Å². The zero-order chi connectivity index (χ0) is 18.0. The summed E-state index contributed by atoms with van der Waals surface area (Å²) in [6, 6.07) is 11.5. The SMILES string of the molecule is O=C(NC[C@@H](O)c1c(F)cccc1F)c1cc2ccccc2c(=O)[nH]1. The monoisotopic (exact) mass is 344 g/mol. The van der Waals surface area contributed by atoms with Crippen LogP contribution in [0.2, 0.25) is 0 Å². The minimum Gasteiger partial charge on any atom is -0.386 e. The number of aromatic amines is 1. The number of carbonyl (C=O) groups is 1. The lowest BCUT2D eigenvalue weighted by atomic mass is 10.1. The van der Waals surface area contributed by atoms with E-state index in [4.69, 9.17) is 0 Å². The van der Waals surface area contributed by atoms with E-state index < -0.39 is 41.3 Å². The van der Waals surface area contributed by atoms with Crippen LogP contribution in [0.4, 0.5) is 8.78 Å². The first-order chi connectivity index (χ1) is 12.0. The first-order valence-corrected chi connectivity index (χ1v) is 7.49. The molecule has 0 radical (unpaired) electrons. The van der Waals surface area contributed by atoms with Crippen LogP contribution in [-0.4, -0.2) is 22.5 Å². The molecule has 1 amide bonds. The van der Waals surface area contributed by atoms with Gasteiger partial charge in [-0.15, -0.1) is 0 Å². The summed E-state index contributed by atoms with van der Waals surface area (Å²) in [5.74, 6) is -2.47. The molecule has 1 aromatic heterocycles. The summed E-state index contributed by atoms with van der Waals surface area (Å²) < 4.78 is 27.2. The number of amides is 1. The predicted molar refractivity (Wildman–Crippen MR) is 88.2 cm³/mol. The van der Waals surface area contributed by atoms with E-state index in [-0.39, 0.29) is 5.69 Å². The Bertz CT molecular complexity index is 981. The van der Waals surface area contributed by atoms with Gasteiger partial charge in [-0.1, -0.05) is 24.3 Å². The molecule has 2 aromatic carbocycles. The number of hydrogen-bond donors (Lipinski definition) is 3. The lowest BCUT2D eigenvalue weighted by molar-refractivity contribution is 0.0906. The maximum atomic E-state index is 13.6. The molecule has 1 heterocycles. The fourth-order valence-electron chi connectivity index (χ4n) is 2.55. The Morgan fingerprint density at radius 1 is 1.12 bits per heavy atom. The van der Waals surface area contributed by atoms with Crippen LogP contribution in [0, 0.1) is 11.6 Å². The zero-order valence-electron chi connectivity index (χ0n) is 12.9. The number of aliphatic hydroxyl groups is 1. The topological polar surface area (TPSA) is 82.2 Å². The Hall–Kier alpha value is -3.06. The highest BCUT2D eigenvalue weighted by Gasteiger charge is 2.19. The quantitative estimate of drug-likeness (QED) is 0.679. The van der Waals surface area contributed by atoms with Crippen LogP contribution in [0.15, 0.2) is 53.3 Å². The van der Waals surface area contributed by atoms with Crippen LogP contribution in [0.25, 0.3) is 10.8 Å². The molecule has 0 fully saturated rings. The van der Waals surface area contributed by atoms with Crippen molar-refractivity contribution in [3.8, 4) is 0 Å². The Morgan fingerprint density at radius 2 is 1.80 bits per heavy atom. The van der Waals surface area contributed by atoms with Gasteiger partial charge in [0.05, 0.1) is 5.56 Å². The molecule has 3 aromatic rings. The lowest BCUT2D eigenvalue weighted by Gasteiger charge is -2.14.